The molecule has 0 amide bonds. The zero-order chi connectivity index (χ0) is 20.6. The maximum atomic E-state index is 12.2. The summed E-state index contributed by atoms with van der Waals surface area (Å²) in [6.07, 6.45) is 0.642. The highest BCUT2D eigenvalue weighted by molar-refractivity contribution is 7.38. The lowest BCUT2D eigenvalue weighted by Gasteiger charge is -2.39. The van der Waals surface area contributed by atoms with Crippen LogP contribution < -0.4 is 11.2 Å². The minimum Gasteiger partial charge on any atom is -0.411 e. The number of aryl methyl sites for hydroxylation is 1. The summed E-state index contributed by atoms with van der Waals surface area (Å²) in [5.74, 6) is 0. The van der Waals surface area contributed by atoms with Crippen LogP contribution in [0.5, 0.6) is 0 Å². The first-order valence-electron chi connectivity index (χ1n) is 9.01. The fourth-order valence-corrected chi connectivity index (χ4v) is 4.39. The molecule has 1 aromatic rings. The first kappa shape index (κ1) is 22.2. The number of nitrogens with one attached hydrogen (secondary N) is 1. The second kappa shape index (κ2) is 8.09. The van der Waals surface area contributed by atoms with Crippen molar-refractivity contribution in [3.8, 4) is 0 Å². The second-order valence-electron chi connectivity index (χ2n) is 8.50. The average Bonchev–Trinajstić information content (AvgIpc) is 2.89. The third-order valence-electron chi connectivity index (χ3n) is 5.31. The van der Waals surface area contributed by atoms with Gasteiger partial charge in [0, 0.05) is 18.2 Å². The third kappa shape index (κ3) is 5.23. The molecule has 2 heterocycles. The monoisotopic (exact) mass is 417 g/mol. The van der Waals surface area contributed by atoms with Crippen LogP contribution in [0.4, 0.5) is 0 Å². The van der Waals surface area contributed by atoms with E-state index < -0.39 is 39.9 Å². The Hall–Kier alpha value is -1.12. The Morgan fingerprint density at radius 3 is 2.56 bits per heavy atom. The number of H-pyrrole nitrogens is 1. The lowest BCUT2D eigenvalue weighted by atomic mass is 10.2. The van der Waals surface area contributed by atoms with Gasteiger partial charge < -0.3 is 9.16 Å². The predicted molar refractivity (Wildman–Crippen MR) is 106 cm³/mol. The van der Waals surface area contributed by atoms with Crippen LogP contribution in [0.2, 0.25) is 18.1 Å². The number of ether oxygens (including phenoxy) is 1. The van der Waals surface area contributed by atoms with Crippen molar-refractivity contribution in [2.45, 2.75) is 70.7 Å². The Morgan fingerprint density at radius 2 is 2.00 bits per heavy atom. The number of aromatic nitrogens is 2. The number of hydrogen-bond donors (Lipinski definition) is 1. The number of aromatic amines is 1. The zero-order valence-electron chi connectivity index (χ0n) is 17.1. The van der Waals surface area contributed by atoms with Crippen molar-refractivity contribution in [2.75, 3.05) is 13.3 Å². The molecule has 1 aromatic heterocycles. The molecular weight excluding hydrogens is 387 g/mol. The molecule has 1 unspecified atom stereocenters. The van der Waals surface area contributed by atoms with Gasteiger partial charge in [-0.15, -0.1) is 4.52 Å². The van der Waals surface area contributed by atoms with Gasteiger partial charge >= 0.3 is 13.7 Å². The molecule has 0 aliphatic carbocycles. The van der Waals surface area contributed by atoms with Gasteiger partial charge in [0.2, 0.25) is 0 Å². The van der Waals surface area contributed by atoms with E-state index in [1.165, 1.54) is 17.4 Å². The molecule has 1 aliphatic heterocycles. The molecule has 152 valence electrons. The highest BCUT2D eigenvalue weighted by Crippen LogP contribution is 2.41. The summed E-state index contributed by atoms with van der Waals surface area (Å²) < 4.78 is 30.6. The maximum Gasteiger partial charge on any atom is 0.504 e. The molecule has 8 nitrogen and oxygen atoms in total. The van der Waals surface area contributed by atoms with Crippen LogP contribution in [0.3, 0.4) is 0 Å². The van der Waals surface area contributed by atoms with Crippen molar-refractivity contribution in [3.05, 3.63) is 32.6 Å². The SMILES string of the molecule is Cc1cn([C@H]2C[C@H](O[Si](C)(C)C(C)(C)C)[C@@H](CO[P+](C)=O)O2)c(=O)[nH]c1=O. The Bertz CT molecular complexity index is 813. The first-order chi connectivity index (χ1) is 12.3. The van der Waals surface area contributed by atoms with Crippen LogP contribution >= 0.6 is 8.03 Å². The lowest BCUT2D eigenvalue weighted by molar-refractivity contribution is -0.0377. The normalized spacial score (nSPS) is 24.3. The van der Waals surface area contributed by atoms with Gasteiger partial charge in [0.25, 0.3) is 5.56 Å². The van der Waals surface area contributed by atoms with E-state index in [-0.39, 0.29) is 17.7 Å². The summed E-state index contributed by atoms with van der Waals surface area (Å²) in [7, 11) is -3.85. The molecule has 0 aromatic carbocycles. The van der Waals surface area contributed by atoms with Crippen molar-refractivity contribution in [1.29, 1.82) is 0 Å². The van der Waals surface area contributed by atoms with Gasteiger partial charge in [0.15, 0.2) is 15.0 Å². The summed E-state index contributed by atoms with van der Waals surface area (Å²) >= 11 is 0. The largest absolute Gasteiger partial charge is 0.504 e. The van der Waals surface area contributed by atoms with Crippen LogP contribution in [0.25, 0.3) is 0 Å². The molecule has 1 aliphatic rings. The van der Waals surface area contributed by atoms with Crippen molar-refractivity contribution in [2.24, 2.45) is 0 Å². The third-order valence-corrected chi connectivity index (χ3v) is 10.3. The predicted octanol–water partition coefficient (Wildman–Crippen LogP) is 2.91. The Kier molecular flexibility index (Phi) is 6.64. The van der Waals surface area contributed by atoms with E-state index in [0.29, 0.717) is 12.0 Å². The fraction of sp³-hybridized carbons (Fsp3) is 0.765. The van der Waals surface area contributed by atoms with Gasteiger partial charge in [-0.3, -0.25) is 14.3 Å². The molecule has 1 fully saturated rings. The average molecular weight is 417 g/mol. The van der Waals surface area contributed by atoms with Crippen LogP contribution in [0.1, 0.15) is 39.0 Å². The van der Waals surface area contributed by atoms with E-state index in [1.807, 2.05) is 0 Å². The molecular formula is C17H30N2O6PSi+. The smallest absolute Gasteiger partial charge is 0.411 e. The summed E-state index contributed by atoms with van der Waals surface area (Å²) in [6, 6.07) is 0. The van der Waals surface area contributed by atoms with E-state index >= 15 is 0 Å². The molecule has 4 atom stereocenters. The van der Waals surface area contributed by atoms with Crippen molar-refractivity contribution in [3.63, 3.8) is 0 Å². The van der Waals surface area contributed by atoms with Gasteiger partial charge in [0.05, 0.1) is 6.10 Å². The molecule has 0 radical (unpaired) electrons. The molecule has 0 bridgehead atoms. The van der Waals surface area contributed by atoms with Crippen molar-refractivity contribution < 1.29 is 18.3 Å². The quantitative estimate of drug-likeness (QED) is 0.564. The maximum absolute atomic E-state index is 12.2. The molecule has 0 saturated carbocycles. The van der Waals surface area contributed by atoms with Gasteiger partial charge in [-0.2, -0.15) is 0 Å². The standard InChI is InChI=1S/C17H29N2O6PSi/c1-11-9-19(16(21)18-15(11)20)14-8-12(13(24-14)10-23-26(5)22)25-27(6,7)17(2,3)4/h9,12-14H,8,10H2,1-7H3/p+1/t12-,13+,14+/m0/s1. The highest BCUT2D eigenvalue weighted by atomic mass is 31.1. The number of nitrogens with zero attached hydrogens (tertiary/aromatic N) is 1. The Morgan fingerprint density at radius 1 is 1.37 bits per heavy atom. The Labute approximate surface area is 161 Å². The van der Waals surface area contributed by atoms with Crippen molar-refractivity contribution in [1.82, 2.24) is 9.55 Å². The lowest BCUT2D eigenvalue weighted by Crippen LogP contribution is -2.46. The van der Waals surface area contributed by atoms with E-state index in [9.17, 15) is 14.2 Å². The first-order valence-corrected chi connectivity index (χ1v) is 13.5. The topological polar surface area (TPSA) is 99.6 Å². The zero-order valence-corrected chi connectivity index (χ0v) is 19.0. The van der Waals surface area contributed by atoms with Gasteiger partial charge in [-0.1, -0.05) is 20.8 Å². The summed E-state index contributed by atoms with van der Waals surface area (Å²) in [5, 5.41) is 0.0117. The van der Waals surface area contributed by atoms with E-state index in [1.54, 1.807) is 6.92 Å². The summed E-state index contributed by atoms with van der Waals surface area (Å²) in [5.41, 5.74) is -0.507. The minimum absolute atomic E-state index is 0.0117. The fourth-order valence-electron chi connectivity index (χ4n) is 2.68. The molecule has 27 heavy (non-hydrogen) atoms. The second-order valence-corrected chi connectivity index (χ2v) is 14.4. The van der Waals surface area contributed by atoms with E-state index in [2.05, 4.69) is 38.8 Å². The van der Waals surface area contributed by atoms with Crippen molar-refractivity contribution >= 4 is 16.3 Å². The highest BCUT2D eigenvalue weighted by Gasteiger charge is 2.46. The molecule has 0 spiro atoms. The van der Waals surface area contributed by atoms with Crippen LogP contribution in [-0.2, 0) is 18.3 Å². The van der Waals surface area contributed by atoms with Gasteiger partial charge in [0.1, 0.15) is 18.9 Å². The molecule has 2 rings (SSSR count). The van der Waals surface area contributed by atoms with Gasteiger partial charge in [-0.25, -0.2) is 4.79 Å². The van der Waals surface area contributed by atoms with E-state index in [4.69, 9.17) is 13.7 Å². The van der Waals surface area contributed by atoms with Crippen LogP contribution in [0, 0.1) is 6.92 Å². The van der Waals surface area contributed by atoms with Crippen LogP contribution in [-0.4, -0.2) is 43.3 Å². The number of rotatable bonds is 6. The number of hydrogen-bond acceptors (Lipinski definition) is 6. The summed E-state index contributed by atoms with van der Waals surface area (Å²) in [6.45, 7) is 14.0. The molecule has 1 saturated heterocycles. The van der Waals surface area contributed by atoms with Gasteiger partial charge in [-0.05, 0) is 29.6 Å². The molecule has 1 N–H and O–H groups in total. The Balaban J connectivity index is 2.29. The minimum atomic E-state index is -2.09. The van der Waals surface area contributed by atoms with E-state index in [0.717, 1.165) is 0 Å². The molecule has 10 heteroatoms. The van der Waals surface area contributed by atoms with Crippen LogP contribution in [0.15, 0.2) is 15.8 Å². The summed E-state index contributed by atoms with van der Waals surface area (Å²) in [4.78, 5) is 26.1.